The molecule has 0 spiro atoms. The lowest BCUT2D eigenvalue weighted by Gasteiger charge is -2.15. The monoisotopic (exact) mass is 270 g/mol. The number of phenolic OH excluding ortho intramolecular Hbond substituents is 2. The highest BCUT2D eigenvalue weighted by molar-refractivity contribution is 5.74. The zero-order valence-electron chi connectivity index (χ0n) is 12.4. The predicted octanol–water partition coefficient (Wildman–Crippen LogP) is 4.45. The van der Waals surface area contributed by atoms with Crippen LogP contribution in [0.15, 0.2) is 30.3 Å². The molecule has 2 nitrogen and oxygen atoms in total. The van der Waals surface area contributed by atoms with Gasteiger partial charge in [0.2, 0.25) is 0 Å². The van der Waals surface area contributed by atoms with E-state index in [1.807, 2.05) is 0 Å². The molecule has 2 N–H and O–H groups in total. The number of rotatable bonds is 4. The van der Waals surface area contributed by atoms with Crippen molar-refractivity contribution in [3.8, 4) is 22.6 Å². The van der Waals surface area contributed by atoms with Crippen LogP contribution in [0.1, 0.15) is 37.5 Å². The summed E-state index contributed by atoms with van der Waals surface area (Å²) in [6.45, 7) is 6.33. The summed E-state index contributed by atoms with van der Waals surface area (Å²) in [6, 6.07) is 9.88. The van der Waals surface area contributed by atoms with Crippen molar-refractivity contribution in [2.75, 3.05) is 0 Å². The van der Waals surface area contributed by atoms with E-state index in [9.17, 15) is 10.2 Å². The zero-order valence-corrected chi connectivity index (χ0v) is 12.4. The van der Waals surface area contributed by atoms with E-state index in [0.29, 0.717) is 0 Å². The predicted molar refractivity (Wildman–Crippen MR) is 83.3 cm³/mol. The van der Waals surface area contributed by atoms with Gasteiger partial charge in [-0.3, -0.25) is 0 Å². The standard InChI is InChI=1S/C18H22O2/c1-4-12-7-8-13(5-2)15(9-12)16-11-18(20)17(19)10-14(16)6-3/h7-11,19-20H,4-6H2,1-3H3. The van der Waals surface area contributed by atoms with Crippen LogP contribution in [0.2, 0.25) is 0 Å². The first-order valence-electron chi connectivity index (χ1n) is 7.27. The Morgan fingerprint density at radius 1 is 0.700 bits per heavy atom. The second-order valence-electron chi connectivity index (χ2n) is 5.05. The normalized spacial score (nSPS) is 10.8. The first kappa shape index (κ1) is 14.4. The van der Waals surface area contributed by atoms with Crippen molar-refractivity contribution < 1.29 is 10.2 Å². The maximum absolute atomic E-state index is 9.82. The van der Waals surface area contributed by atoms with Crippen LogP contribution in [0.25, 0.3) is 11.1 Å². The van der Waals surface area contributed by atoms with E-state index < -0.39 is 0 Å². The minimum atomic E-state index is -0.0545. The lowest BCUT2D eigenvalue weighted by molar-refractivity contribution is 0.403. The molecule has 0 atom stereocenters. The molecule has 0 aromatic heterocycles. The zero-order chi connectivity index (χ0) is 14.7. The summed E-state index contributed by atoms with van der Waals surface area (Å²) >= 11 is 0. The maximum Gasteiger partial charge on any atom is 0.158 e. The first-order chi connectivity index (χ1) is 9.60. The van der Waals surface area contributed by atoms with Gasteiger partial charge in [0.1, 0.15) is 0 Å². The van der Waals surface area contributed by atoms with Crippen LogP contribution in [0.5, 0.6) is 11.5 Å². The minimum Gasteiger partial charge on any atom is -0.504 e. The van der Waals surface area contributed by atoms with E-state index >= 15 is 0 Å². The fourth-order valence-corrected chi connectivity index (χ4v) is 2.57. The molecule has 20 heavy (non-hydrogen) atoms. The number of benzene rings is 2. The SMILES string of the molecule is CCc1ccc(CC)c(-c2cc(O)c(O)cc2CC)c1. The first-order valence-corrected chi connectivity index (χ1v) is 7.27. The summed E-state index contributed by atoms with van der Waals surface area (Å²) in [7, 11) is 0. The number of hydrogen-bond donors (Lipinski definition) is 2. The third-order valence-corrected chi connectivity index (χ3v) is 3.83. The molecular formula is C18H22O2. The van der Waals surface area contributed by atoms with E-state index in [4.69, 9.17) is 0 Å². The Balaban J connectivity index is 2.69. The second kappa shape index (κ2) is 6.00. The Kier molecular flexibility index (Phi) is 4.33. The number of hydrogen-bond acceptors (Lipinski definition) is 2. The van der Waals surface area contributed by atoms with E-state index in [-0.39, 0.29) is 11.5 Å². The Morgan fingerprint density at radius 3 is 1.90 bits per heavy atom. The van der Waals surface area contributed by atoms with Gasteiger partial charge in [0, 0.05) is 0 Å². The summed E-state index contributed by atoms with van der Waals surface area (Å²) in [5.74, 6) is -0.101. The smallest absolute Gasteiger partial charge is 0.158 e. The van der Waals surface area contributed by atoms with Crippen molar-refractivity contribution in [3.63, 3.8) is 0 Å². The average Bonchev–Trinajstić information content (AvgIpc) is 2.48. The topological polar surface area (TPSA) is 40.5 Å². The van der Waals surface area contributed by atoms with Gasteiger partial charge in [-0.2, -0.15) is 0 Å². The Labute approximate surface area is 120 Å². The van der Waals surface area contributed by atoms with Crippen LogP contribution in [-0.2, 0) is 19.3 Å². The van der Waals surface area contributed by atoms with Gasteiger partial charge in [-0.1, -0.05) is 39.0 Å². The molecule has 0 bridgehead atoms. The Morgan fingerprint density at radius 2 is 1.30 bits per heavy atom. The highest BCUT2D eigenvalue weighted by Gasteiger charge is 2.12. The van der Waals surface area contributed by atoms with Gasteiger partial charge in [-0.15, -0.1) is 0 Å². The molecule has 0 saturated carbocycles. The number of aryl methyl sites for hydroxylation is 3. The van der Waals surface area contributed by atoms with Crippen molar-refractivity contribution in [1.82, 2.24) is 0 Å². The van der Waals surface area contributed by atoms with Gasteiger partial charge in [0.05, 0.1) is 0 Å². The van der Waals surface area contributed by atoms with Gasteiger partial charge in [0.25, 0.3) is 0 Å². The summed E-state index contributed by atoms with van der Waals surface area (Å²) in [5, 5.41) is 19.5. The minimum absolute atomic E-state index is 0.0460. The van der Waals surface area contributed by atoms with Crippen molar-refractivity contribution in [1.29, 1.82) is 0 Å². The highest BCUT2D eigenvalue weighted by Crippen LogP contribution is 2.36. The van der Waals surface area contributed by atoms with Crippen LogP contribution in [0, 0.1) is 0 Å². The third kappa shape index (κ3) is 2.64. The molecule has 106 valence electrons. The lowest BCUT2D eigenvalue weighted by Crippen LogP contribution is -1.95. The van der Waals surface area contributed by atoms with E-state index in [2.05, 4.69) is 39.0 Å². The van der Waals surface area contributed by atoms with Gasteiger partial charge in [0.15, 0.2) is 11.5 Å². The third-order valence-electron chi connectivity index (χ3n) is 3.83. The van der Waals surface area contributed by atoms with E-state index in [1.165, 1.54) is 16.7 Å². The largest absolute Gasteiger partial charge is 0.504 e. The van der Waals surface area contributed by atoms with Crippen molar-refractivity contribution >= 4 is 0 Å². The van der Waals surface area contributed by atoms with Gasteiger partial charge in [-0.05, 0) is 59.2 Å². The van der Waals surface area contributed by atoms with Crippen LogP contribution in [-0.4, -0.2) is 10.2 Å². The lowest BCUT2D eigenvalue weighted by atomic mass is 9.91. The summed E-state index contributed by atoms with van der Waals surface area (Å²) in [5.41, 5.74) is 5.80. The second-order valence-corrected chi connectivity index (χ2v) is 5.05. The maximum atomic E-state index is 9.82. The quantitative estimate of drug-likeness (QED) is 0.806. The molecule has 0 aliphatic rings. The molecule has 0 unspecified atom stereocenters. The molecule has 2 aromatic rings. The van der Waals surface area contributed by atoms with Crippen LogP contribution in [0.4, 0.5) is 0 Å². The van der Waals surface area contributed by atoms with Gasteiger partial charge in [-0.25, -0.2) is 0 Å². The molecule has 0 heterocycles. The fraction of sp³-hybridized carbons (Fsp3) is 0.333. The molecular weight excluding hydrogens is 248 g/mol. The number of phenols is 2. The average molecular weight is 270 g/mol. The molecule has 0 aliphatic heterocycles. The van der Waals surface area contributed by atoms with E-state index in [1.54, 1.807) is 12.1 Å². The molecule has 2 heteroatoms. The van der Waals surface area contributed by atoms with Crippen LogP contribution < -0.4 is 0 Å². The highest BCUT2D eigenvalue weighted by atomic mass is 16.3. The summed E-state index contributed by atoms with van der Waals surface area (Å²) < 4.78 is 0. The van der Waals surface area contributed by atoms with Crippen molar-refractivity contribution in [2.45, 2.75) is 40.0 Å². The molecule has 0 saturated heterocycles. The van der Waals surface area contributed by atoms with Gasteiger partial charge < -0.3 is 10.2 Å². The molecule has 0 radical (unpaired) electrons. The summed E-state index contributed by atoms with van der Waals surface area (Å²) in [6.07, 6.45) is 2.76. The molecule has 2 aromatic carbocycles. The molecule has 0 aliphatic carbocycles. The summed E-state index contributed by atoms with van der Waals surface area (Å²) in [4.78, 5) is 0. The molecule has 2 rings (SSSR count). The Hall–Kier alpha value is -1.96. The molecule has 0 amide bonds. The van der Waals surface area contributed by atoms with Crippen molar-refractivity contribution in [3.05, 3.63) is 47.0 Å². The fourth-order valence-electron chi connectivity index (χ4n) is 2.57. The van der Waals surface area contributed by atoms with Gasteiger partial charge >= 0.3 is 0 Å². The van der Waals surface area contributed by atoms with Crippen LogP contribution >= 0.6 is 0 Å². The van der Waals surface area contributed by atoms with Crippen molar-refractivity contribution in [2.24, 2.45) is 0 Å². The van der Waals surface area contributed by atoms with E-state index in [0.717, 1.165) is 30.4 Å². The number of aromatic hydroxyl groups is 2. The van der Waals surface area contributed by atoms with Crippen LogP contribution in [0.3, 0.4) is 0 Å². The molecule has 0 fully saturated rings. The Bertz CT molecular complexity index is 615.